The van der Waals surface area contributed by atoms with Crippen LogP contribution in [0.25, 0.3) is 0 Å². The van der Waals surface area contributed by atoms with Crippen LogP contribution >= 0.6 is 11.6 Å². The lowest BCUT2D eigenvalue weighted by molar-refractivity contribution is -0.129. The minimum Gasteiger partial charge on any atom is -0.342 e. The Kier molecular flexibility index (Phi) is 7.86. The smallest absolute Gasteiger partial charge is 0.226 e. The van der Waals surface area contributed by atoms with Gasteiger partial charge in [-0.2, -0.15) is 0 Å². The van der Waals surface area contributed by atoms with Crippen LogP contribution in [0.4, 0.5) is 5.69 Å². The summed E-state index contributed by atoms with van der Waals surface area (Å²) >= 11 is 6.00. The zero-order valence-corrected chi connectivity index (χ0v) is 16.9. The van der Waals surface area contributed by atoms with E-state index in [9.17, 15) is 9.59 Å². The van der Waals surface area contributed by atoms with Crippen LogP contribution in [0, 0.1) is 0 Å². The van der Waals surface area contributed by atoms with Gasteiger partial charge in [0.15, 0.2) is 0 Å². The lowest BCUT2D eigenvalue weighted by Crippen LogP contribution is -2.33. The molecule has 2 rings (SSSR count). The van der Waals surface area contributed by atoms with Gasteiger partial charge in [-0.3, -0.25) is 9.59 Å². The van der Waals surface area contributed by atoms with Crippen LogP contribution in [-0.2, 0) is 16.0 Å². The fourth-order valence-electron chi connectivity index (χ4n) is 2.79. The lowest BCUT2D eigenvalue weighted by Gasteiger charge is -2.21. The third kappa shape index (κ3) is 7.06. The molecule has 0 saturated carbocycles. The molecule has 0 heterocycles. The predicted molar refractivity (Wildman–Crippen MR) is 111 cm³/mol. The Bertz CT molecular complexity index is 772. The van der Waals surface area contributed by atoms with Gasteiger partial charge in [-0.05, 0) is 47.7 Å². The van der Waals surface area contributed by atoms with Gasteiger partial charge in [0.2, 0.25) is 11.8 Å². The van der Waals surface area contributed by atoms with Crippen LogP contribution in [0.15, 0.2) is 48.5 Å². The van der Waals surface area contributed by atoms with E-state index in [1.165, 1.54) is 12.5 Å². The average Bonchev–Trinajstić information content (AvgIpc) is 2.62. The van der Waals surface area contributed by atoms with Gasteiger partial charge in [-0.1, -0.05) is 49.7 Å². The van der Waals surface area contributed by atoms with E-state index >= 15 is 0 Å². The van der Waals surface area contributed by atoms with E-state index in [0.29, 0.717) is 30.5 Å². The number of amides is 2. The molecule has 2 aromatic carbocycles. The van der Waals surface area contributed by atoms with Crippen molar-refractivity contribution in [1.29, 1.82) is 0 Å². The first-order chi connectivity index (χ1) is 12.8. The monoisotopic (exact) mass is 386 g/mol. The van der Waals surface area contributed by atoms with E-state index in [2.05, 4.69) is 19.2 Å². The highest BCUT2D eigenvalue weighted by Gasteiger charge is 2.12. The van der Waals surface area contributed by atoms with Gasteiger partial charge in [-0.25, -0.2) is 0 Å². The molecule has 0 bridgehead atoms. The molecule has 4 nitrogen and oxygen atoms in total. The van der Waals surface area contributed by atoms with E-state index in [0.717, 1.165) is 11.3 Å². The zero-order chi connectivity index (χ0) is 19.8. The molecule has 0 aromatic heterocycles. The fraction of sp³-hybridized carbons (Fsp3) is 0.364. The van der Waals surface area contributed by atoms with Crippen LogP contribution in [0.5, 0.6) is 0 Å². The summed E-state index contributed by atoms with van der Waals surface area (Å²) in [5.41, 5.74) is 3.08. The molecule has 2 amide bonds. The number of carbonyl (C=O) groups is 2. The maximum absolute atomic E-state index is 12.2. The molecule has 0 aliphatic heterocycles. The van der Waals surface area contributed by atoms with Crippen molar-refractivity contribution in [3.8, 4) is 0 Å². The summed E-state index contributed by atoms with van der Waals surface area (Å²) in [7, 11) is 0. The van der Waals surface area contributed by atoms with Gasteiger partial charge in [0, 0.05) is 37.1 Å². The Balaban J connectivity index is 1.83. The van der Waals surface area contributed by atoms with Crippen molar-refractivity contribution in [2.24, 2.45) is 0 Å². The molecular formula is C22H27ClN2O2. The number of nitrogens with zero attached hydrogens (tertiary/aromatic N) is 1. The highest BCUT2D eigenvalue weighted by molar-refractivity contribution is 6.30. The standard InChI is InChI=1S/C22H27ClN2O2/c1-16(2)19-7-9-21(10-8-19)24-22(27)12-14-25(17(3)26)13-11-18-5-4-6-20(23)15-18/h4-10,15-16H,11-14H2,1-3H3,(H,24,27). The number of anilines is 1. The Labute approximate surface area is 166 Å². The first-order valence-electron chi connectivity index (χ1n) is 9.25. The highest BCUT2D eigenvalue weighted by atomic mass is 35.5. The molecule has 0 spiro atoms. The number of hydrogen-bond donors (Lipinski definition) is 1. The number of carbonyl (C=O) groups excluding carboxylic acids is 2. The van der Waals surface area contributed by atoms with Crippen molar-refractivity contribution in [2.75, 3.05) is 18.4 Å². The number of nitrogens with one attached hydrogen (secondary N) is 1. The molecule has 0 radical (unpaired) electrons. The first-order valence-corrected chi connectivity index (χ1v) is 9.62. The Morgan fingerprint density at radius 1 is 1.07 bits per heavy atom. The summed E-state index contributed by atoms with van der Waals surface area (Å²) in [5, 5.41) is 3.57. The van der Waals surface area contributed by atoms with Crippen LogP contribution in [0.1, 0.15) is 44.2 Å². The molecule has 0 atom stereocenters. The van der Waals surface area contributed by atoms with Crippen LogP contribution in [-0.4, -0.2) is 29.8 Å². The molecule has 27 heavy (non-hydrogen) atoms. The topological polar surface area (TPSA) is 49.4 Å². The normalized spacial score (nSPS) is 10.7. The Morgan fingerprint density at radius 2 is 1.78 bits per heavy atom. The minimum absolute atomic E-state index is 0.0360. The van der Waals surface area contributed by atoms with Gasteiger partial charge in [0.25, 0.3) is 0 Å². The zero-order valence-electron chi connectivity index (χ0n) is 16.2. The molecule has 0 fully saturated rings. The second-order valence-corrected chi connectivity index (χ2v) is 7.40. The molecule has 2 aromatic rings. The summed E-state index contributed by atoms with van der Waals surface area (Å²) in [6.45, 7) is 6.75. The predicted octanol–water partition coefficient (Wildman–Crippen LogP) is 4.88. The van der Waals surface area contributed by atoms with Crippen molar-refractivity contribution >= 4 is 29.1 Å². The second-order valence-electron chi connectivity index (χ2n) is 6.96. The maximum atomic E-state index is 12.2. The summed E-state index contributed by atoms with van der Waals surface area (Å²) in [5.74, 6) is 0.325. The molecule has 144 valence electrons. The summed E-state index contributed by atoms with van der Waals surface area (Å²) in [6, 6.07) is 15.5. The van der Waals surface area contributed by atoms with Crippen LogP contribution < -0.4 is 5.32 Å². The highest BCUT2D eigenvalue weighted by Crippen LogP contribution is 2.17. The van der Waals surface area contributed by atoms with Crippen LogP contribution in [0.2, 0.25) is 5.02 Å². The number of rotatable bonds is 8. The van der Waals surface area contributed by atoms with Crippen molar-refractivity contribution in [1.82, 2.24) is 4.90 Å². The van der Waals surface area contributed by atoms with Gasteiger partial charge in [0.1, 0.15) is 0 Å². The van der Waals surface area contributed by atoms with E-state index in [4.69, 9.17) is 11.6 Å². The van der Waals surface area contributed by atoms with Crippen molar-refractivity contribution in [2.45, 2.75) is 39.5 Å². The molecular weight excluding hydrogens is 360 g/mol. The Morgan fingerprint density at radius 3 is 2.37 bits per heavy atom. The number of hydrogen-bond acceptors (Lipinski definition) is 2. The Hall–Kier alpha value is -2.33. The second kappa shape index (κ2) is 10.1. The van der Waals surface area contributed by atoms with E-state index in [1.54, 1.807) is 4.90 Å². The fourth-order valence-corrected chi connectivity index (χ4v) is 3.01. The van der Waals surface area contributed by atoms with Gasteiger partial charge < -0.3 is 10.2 Å². The van der Waals surface area contributed by atoms with Crippen molar-refractivity contribution in [3.05, 3.63) is 64.7 Å². The maximum Gasteiger partial charge on any atom is 0.226 e. The quantitative estimate of drug-likeness (QED) is 0.702. The number of benzene rings is 2. The molecule has 5 heteroatoms. The van der Waals surface area contributed by atoms with Gasteiger partial charge in [-0.15, -0.1) is 0 Å². The first kappa shape index (κ1) is 21.0. The van der Waals surface area contributed by atoms with E-state index in [1.807, 2.05) is 48.5 Å². The summed E-state index contributed by atoms with van der Waals surface area (Å²) in [6.07, 6.45) is 0.972. The van der Waals surface area contributed by atoms with Gasteiger partial charge in [0.05, 0.1) is 0 Å². The van der Waals surface area contributed by atoms with E-state index < -0.39 is 0 Å². The molecule has 0 saturated heterocycles. The molecule has 0 aliphatic carbocycles. The average molecular weight is 387 g/mol. The third-order valence-corrected chi connectivity index (χ3v) is 4.71. The lowest BCUT2D eigenvalue weighted by atomic mass is 10.0. The van der Waals surface area contributed by atoms with Crippen molar-refractivity contribution in [3.63, 3.8) is 0 Å². The number of halogens is 1. The molecule has 0 unspecified atom stereocenters. The third-order valence-electron chi connectivity index (χ3n) is 4.47. The van der Waals surface area contributed by atoms with Crippen molar-refractivity contribution < 1.29 is 9.59 Å². The molecule has 0 aliphatic rings. The van der Waals surface area contributed by atoms with Crippen LogP contribution in [0.3, 0.4) is 0 Å². The van der Waals surface area contributed by atoms with Gasteiger partial charge >= 0.3 is 0 Å². The summed E-state index contributed by atoms with van der Waals surface area (Å²) < 4.78 is 0. The summed E-state index contributed by atoms with van der Waals surface area (Å²) in [4.78, 5) is 25.8. The van der Waals surface area contributed by atoms with E-state index in [-0.39, 0.29) is 18.2 Å². The minimum atomic E-state index is -0.0960. The largest absolute Gasteiger partial charge is 0.342 e. The molecule has 1 N–H and O–H groups in total. The SMILES string of the molecule is CC(=O)N(CCC(=O)Nc1ccc(C(C)C)cc1)CCc1cccc(Cl)c1.